The summed E-state index contributed by atoms with van der Waals surface area (Å²) in [5, 5.41) is 23.2. The number of nitro groups is 1. The van der Waals surface area contributed by atoms with Gasteiger partial charge in [-0.25, -0.2) is 0 Å². The van der Waals surface area contributed by atoms with Gasteiger partial charge in [0.1, 0.15) is 5.69 Å². The van der Waals surface area contributed by atoms with Gasteiger partial charge in [0.2, 0.25) is 0 Å². The van der Waals surface area contributed by atoms with Crippen molar-refractivity contribution in [2.45, 2.75) is 0 Å². The SMILES string of the molecule is CNc1ccc(N(C)O)cc1[N+](=O)[O-]. The number of nitro benzene ring substituents is 1. The molecule has 0 spiro atoms. The predicted octanol–water partition coefficient (Wildman–Crippen LogP) is 1.46. The van der Waals surface area contributed by atoms with Crippen molar-refractivity contribution in [2.24, 2.45) is 0 Å². The number of anilines is 2. The van der Waals surface area contributed by atoms with Crippen molar-refractivity contribution in [3.8, 4) is 0 Å². The molecule has 0 fully saturated rings. The summed E-state index contributed by atoms with van der Waals surface area (Å²) in [4.78, 5) is 10.1. The molecule has 0 atom stereocenters. The molecule has 2 N–H and O–H groups in total. The van der Waals surface area contributed by atoms with Crippen molar-refractivity contribution in [3.63, 3.8) is 0 Å². The maximum atomic E-state index is 10.6. The van der Waals surface area contributed by atoms with Crippen LogP contribution >= 0.6 is 0 Å². The lowest BCUT2D eigenvalue weighted by atomic mass is 10.2. The van der Waals surface area contributed by atoms with Crippen molar-refractivity contribution in [2.75, 3.05) is 24.5 Å². The molecule has 76 valence electrons. The number of hydrogen-bond donors (Lipinski definition) is 2. The third kappa shape index (κ3) is 1.91. The molecule has 6 heteroatoms. The van der Waals surface area contributed by atoms with Gasteiger partial charge in [0, 0.05) is 20.2 Å². The first-order valence-corrected chi connectivity index (χ1v) is 3.95. The molecule has 0 aromatic heterocycles. The second kappa shape index (κ2) is 3.93. The Hall–Kier alpha value is -1.82. The number of nitrogens with one attached hydrogen (secondary N) is 1. The summed E-state index contributed by atoms with van der Waals surface area (Å²) < 4.78 is 0. The monoisotopic (exact) mass is 197 g/mol. The maximum absolute atomic E-state index is 10.6. The molecule has 0 aliphatic heterocycles. The molecule has 0 heterocycles. The molecule has 1 aromatic carbocycles. The van der Waals surface area contributed by atoms with Crippen LogP contribution in [0.5, 0.6) is 0 Å². The number of benzene rings is 1. The normalized spacial score (nSPS) is 9.64. The Morgan fingerprint density at radius 2 is 2.21 bits per heavy atom. The highest BCUT2D eigenvalue weighted by Gasteiger charge is 2.14. The zero-order valence-electron chi connectivity index (χ0n) is 7.89. The summed E-state index contributed by atoms with van der Waals surface area (Å²) in [5.74, 6) is 0. The largest absolute Gasteiger partial charge is 0.383 e. The fourth-order valence-corrected chi connectivity index (χ4v) is 1.08. The summed E-state index contributed by atoms with van der Waals surface area (Å²) >= 11 is 0. The van der Waals surface area contributed by atoms with Crippen LogP contribution in [0.1, 0.15) is 0 Å². The van der Waals surface area contributed by atoms with Crippen LogP contribution < -0.4 is 10.4 Å². The lowest BCUT2D eigenvalue weighted by Gasteiger charge is -2.10. The summed E-state index contributed by atoms with van der Waals surface area (Å²) in [7, 11) is 3.00. The van der Waals surface area contributed by atoms with Gasteiger partial charge >= 0.3 is 0 Å². The number of hydroxylamine groups is 1. The average Bonchev–Trinajstić information content (AvgIpc) is 2.16. The van der Waals surface area contributed by atoms with Crippen LogP contribution in [0, 0.1) is 10.1 Å². The highest BCUT2D eigenvalue weighted by atomic mass is 16.6. The van der Waals surface area contributed by atoms with E-state index in [4.69, 9.17) is 5.21 Å². The van der Waals surface area contributed by atoms with E-state index in [-0.39, 0.29) is 5.69 Å². The van der Waals surface area contributed by atoms with E-state index >= 15 is 0 Å². The maximum Gasteiger partial charge on any atom is 0.294 e. The van der Waals surface area contributed by atoms with E-state index in [0.29, 0.717) is 11.4 Å². The molecule has 14 heavy (non-hydrogen) atoms. The van der Waals surface area contributed by atoms with Gasteiger partial charge in [0.15, 0.2) is 0 Å². The van der Waals surface area contributed by atoms with E-state index in [2.05, 4.69) is 5.32 Å². The molecule has 0 saturated carbocycles. The van der Waals surface area contributed by atoms with E-state index in [1.807, 2.05) is 0 Å². The van der Waals surface area contributed by atoms with E-state index in [1.165, 1.54) is 13.1 Å². The van der Waals surface area contributed by atoms with Crippen LogP contribution in [0.3, 0.4) is 0 Å². The van der Waals surface area contributed by atoms with Crippen LogP contribution in [0.4, 0.5) is 17.1 Å². The van der Waals surface area contributed by atoms with Gasteiger partial charge in [-0.3, -0.25) is 20.4 Å². The standard InChI is InChI=1S/C8H11N3O3/c1-9-7-4-3-6(10(2)12)5-8(7)11(13)14/h3-5,9,12H,1-2H3. The Labute approximate surface area is 80.9 Å². The topological polar surface area (TPSA) is 78.6 Å². The fraction of sp³-hybridized carbons (Fsp3) is 0.250. The average molecular weight is 197 g/mol. The first-order valence-electron chi connectivity index (χ1n) is 3.95. The third-order valence-corrected chi connectivity index (χ3v) is 1.82. The van der Waals surface area contributed by atoms with Gasteiger partial charge < -0.3 is 5.32 Å². The Morgan fingerprint density at radius 1 is 1.57 bits per heavy atom. The molecular weight excluding hydrogens is 186 g/mol. The summed E-state index contributed by atoms with van der Waals surface area (Å²) in [6.07, 6.45) is 0. The van der Waals surface area contributed by atoms with Crippen molar-refractivity contribution in [3.05, 3.63) is 28.3 Å². The quantitative estimate of drug-likeness (QED) is 0.566. The molecule has 0 radical (unpaired) electrons. The first kappa shape index (κ1) is 10.3. The van der Waals surface area contributed by atoms with Gasteiger partial charge in [-0.2, -0.15) is 0 Å². The number of rotatable bonds is 3. The summed E-state index contributed by atoms with van der Waals surface area (Å²) in [6, 6.07) is 4.42. The second-order valence-corrected chi connectivity index (χ2v) is 2.73. The van der Waals surface area contributed by atoms with Gasteiger partial charge in [-0.15, -0.1) is 0 Å². The molecular formula is C8H11N3O3. The Balaban J connectivity index is 3.21. The zero-order valence-corrected chi connectivity index (χ0v) is 7.89. The molecule has 0 saturated heterocycles. The molecule has 0 aliphatic rings. The van der Waals surface area contributed by atoms with E-state index in [9.17, 15) is 10.1 Å². The highest BCUT2D eigenvalue weighted by Crippen LogP contribution is 2.28. The van der Waals surface area contributed by atoms with Gasteiger partial charge in [0.25, 0.3) is 5.69 Å². The predicted molar refractivity (Wildman–Crippen MR) is 52.8 cm³/mol. The lowest BCUT2D eigenvalue weighted by Crippen LogP contribution is -2.10. The highest BCUT2D eigenvalue weighted by molar-refractivity contribution is 5.67. The van der Waals surface area contributed by atoms with Gasteiger partial charge in [-0.1, -0.05) is 0 Å². The minimum atomic E-state index is -0.501. The van der Waals surface area contributed by atoms with Gasteiger partial charge in [-0.05, 0) is 12.1 Å². The Morgan fingerprint density at radius 3 is 2.64 bits per heavy atom. The second-order valence-electron chi connectivity index (χ2n) is 2.73. The van der Waals surface area contributed by atoms with Gasteiger partial charge in [0.05, 0.1) is 10.6 Å². The third-order valence-electron chi connectivity index (χ3n) is 1.82. The molecule has 0 unspecified atom stereocenters. The zero-order chi connectivity index (χ0) is 10.7. The van der Waals surface area contributed by atoms with E-state index < -0.39 is 4.92 Å². The van der Waals surface area contributed by atoms with Crippen LogP contribution in [0.15, 0.2) is 18.2 Å². The molecule has 0 aliphatic carbocycles. The lowest BCUT2D eigenvalue weighted by molar-refractivity contribution is -0.383. The molecule has 1 aromatic rings. The summed E-state index contributed by atoms with van der Waals surface area (Å²) in [6.45, 7) is 0. The molecule has 0 amide bonds. The summed E-state index contributed by atoms with van der Waals surface area (Å²) in [5.41, 5.74) is 0.724. The van der Waals surface area contributed by atoms with Crippen molar-refractivity contribution in [1.82, 2.24) is 0 Å². The van der Waals surface area contributed by atoms with E-state index in [1.54, 1.807) is 19.2 Å². The molecule has 0 bridgehead atoms. The molecule has 1 rings (SSSR count). The van der Waals surface area contributed by atoms with E-state index in [0.717, 1.165) is 5.06 Å². The first-order chi connectivity index (χ1) is 6.56. The number of hydrogen-bond acceptors (Lipinski definition) is 5. The Bertz CT molecular complexity index is 352. The molecule has 6 nitrogen and oxygen atoms in total. The van der Waals surface area contributed by atoms with Crippen LogP contribution in [-0.4, -0.2) is 24.2 Å². The smallest absolute Gasteiger partial charge is 0.294 e. The van der Waals surface area contributed by atoms with Crippen molar-refractivity contribution >= 4 is 17.1 Å². The minimum absolute atomic E-state index is 0.0640. The fourth-order valence-electron chi connectivity index (χ4n) is 1.08. The van der Waals surface area contributed by atoms with Crippen molar-refractivity contribution < 1.29 is 10.1 Å². The number of nitrogens with zero attached hydrogens (tertiary/aromatic N) is 2. The van der Waals surface area contributed by atoms with Crippen LogP contribution in [-0.2, 0) is 0 Å². The van der Waals surface area contributed by atoms with Crippen molar-refractivity contribution in [1.29, 1.82) is 0 Å². The Kier molecular flexibility index (Phi) is 2.88. The van der Waals surface area contributed by atoms with Crippen LogP contribution in [0.25, 0.3) is 0 Å². The minimum Gasteiger partial charge on any atom is -0.383 e. The van der Waals surface area contributed by atoms with Crippen LogP contribution in [0.2, 0.25) is 0 Å².